The number of anilines is 1. The van der Waals surface area contributed by atoms with Gasteiger partial charge in [-0.15, -0.1) is 0 Å². The maximum Gasteiger partial charge on any atom is 0.216 e. The highest BCUT2D eigenvalue weighted by Crippen LogP contribution is 2.31. The Morgan fingerprint density at radius 1 is 1.38 bits per heavy atom. The predicted octanol–water partition coefficient (Wildman–Crippen LogP) is 2.48. The van der Waals surface area contributed by atoms with Crippen LogP contribution in [-0.2, 0) is 4.79 Å². The smallest absolute Gasteiger partial charge is 0.216 e. The number of benzene rings is 1. The molecule has 1 fully saturated rings. The second kappa shape index (κ2) is 7.46. The molecule has 1 heterocycles. The van der Waals surface area contributed by atoms with Crippen molar-refractivity contribution < 1.29 is 9.90 Å². The number of carbonyl (C=O) groups is 1. The largest absolute Gasteiger partial charge is 0.388 e. The molecule has 4 nitrogen and oxygen atoms in total. The van der Waals surface area contributed by atoms with E-state index >= 15 is 0 Å². The van der Waals surface area contributed by atoms with Crippen molar-refractivity contribution in [3.05, 3.63) is 29.8 Å². The number of hydrogen-bond donors (Lipinski definition) is 2. The molecule has 4 heteroatoms. The third-order valence-electron chi connectivity index (χ3n) is 4.28. The fourth-order valence-electron chi connectivity index (χ4n) is 2.94. The number of nitrogens with zero attached hydrogens (tertiary/aromatic N) is 1. The lowest BCUT2D eigenvalue weighted by molar-refractivity contribution is -0.119. The summed E-state index contributed by atoms with van der Waals surface area (Å²) in [4.78, 5) is 13.3. The Kier molecular flexibility index (Phi) is 5.62. The summed E-state index contributed by atoms with van der Waals surface area (Å²) < 4.78 is 0. The van der Waals surface area contributed by atoms with Gasteiger partial charge < -0.3 is 15.3 Å². The fraction of sp³-hybridized carbons (Fsp3) is 0.588. The minimum absolute atomic E-state index is 0.0499. The van der Waals surface area contributed by atoms with Crippen LogP contribution in [0.15, 0.2) is 24.3 Å². The highest BCUT2D eigenvalue weighted by atomic mass is 16.3. The SMILES string of the molecule is CC[C@H](O)c1ccccc1N1CCC(CNC(C)=O)CC1. The zero-order valence-electron chi connectivity index (χ0n) is 13.0. The van der Waals surface area contributed by atoms with E-state index < -0.39 is 6.10 Å². The van der Waals surface area contributed by atoms with Crippen molar-refractivity contribution in [2.45, 2.75) is 39.2 Å². The zero-order valence-corrected chi connectivity index (χ0v) is 13.0. The molecule has 1 aromatic carbocycles. The molecule has 0 aliphatic carbocycles. The summed E-state index contributed by atoms with van der Waals surface area (Å²) in [5, 5.41) is 13.1. The van der Waals surface area contributed by atoms with Gasteiger partial charge in [0.25, 0.3) is 0 Å². The summed E-state index contributed by atoms with van der Waals surface area (Å²) >= 11 is 0. The van der Waals surface area contributed by atoms with E-state index in [1.54, 1.807) is 6.92 Å². The first-order valence-corrected chi connectivity index (χ1v) is 7.88. The monoisotopic (exact) mass is 290 g/mol. The van der Waals surface area contributed by atoms with Crippen LogP contribution in [-0.4, -0.2) is 30.6 Å². The van der Waals surface area contributed by atoms with Gasteiger partial charge in [-0.3, -0.25) is 4.79 Å². The van der Waals surface area contributed by atoms with Crippen LogP contribution in [0, 0.1) is 5.92 Å². The van der Waals surface area contributed by atoms with Crippen molar-refractivity contribution in [3.63, 3.8) is 0 Å². The fourth-order valence-corrected chi connectivity index (χ4v) is 2.94. The molecule has 1 amide bonds. The van der Waals surface area contributed by atoms with Crippen LogP contribution in [0.4, 0.5) is 5.69 Å². The molecule has 0 radical (unpaired) electrons. The molecule has 1 aliphatic rings. The van der Waals surface area contributed by atoms with Crippen molar-refractivity contribution >= 4 is 11.6 Å². The molecule has 1 atom stereocenters. The zero-order chi connectivity index (χ0) is 15.2. The number of carbonyl (C=O) groups excluding carboxylic acids is 1. The van der Waals surface area contributed by atoms with Crippen LogP contribution in [0.1, 0.15) is 44.8 Å². The molecule has 0 spiro atoms. The Labute approximate surface area is 127 Å². The van der Waals surface area contributed by atoms with Gasteiger partial charge in [-0.25, -0.2) is 0 Å². The molecular weight excluding hydrogens is 264 g/mol. The van der Waals surface area contributed by atoms with Gasteiger partial charge in [-0.05, 0) is 31.2 Å². The van der Waals surface area contributed by atoms with E-state index in [0.717, 1.165) is 50.1 Å². The number of amides is 1. The Balaban J connectivity index is 1.97. The van der Waals surface area contributed by atoms with Crippen LogP contribution >= 0.6 is 0 Å². The average Bonchev–Trinajstić information content (AvgIpc) is 2.52. The minimum Gasteiger partial charge on any atom is -0.388 e. The van der Waals surface area contributed by atoms with Gasteiger partial charge in [0.1, 0.15) is 0 Å². The van der Waals surface area contributed by atoms with Gasteiger partial charge in [-0.1, -0.05) is 25.1 Å². The molecule has 21 heavy (non-hydrogen) atoms. The van der Waals surface area contributed by atoms with Crippen molar-refractivity contribution in [2.24, 2.45) is 5.92 Å². The maximum atomic E-state index is 11.0. The molecule has 2 N–H and O–H groups in total. The molecule has 1 aliphatic heterocycles. The summed E-state index contributed by atoms with van der Waals surface area (Å²) in [6, 6.07) is 8.14. The highest BCUT2D eigenvalue weighted by molar-refractivity contribution is 5.72. The first-order chi connectivity index (χ1) is 10.1. The van der Waals surface area contributed by atoms with E-state index in [1.165, 1.54) is 0 Å². The number of nitrogens with one attached hydrogen (secondary N) is 1. The molecular formula is C17H26N2O2. The molecule has 0 unspecified atom stereocenters. The standard InChI is InChI=1S/C17H26N2O2/c1-3-17(21)15-6-4-5-7-16(15)19-10-8-14(9-11-19)12-18-13(2)20/h4-7,14,17,21H,3,8-12H2,1-2H3,(H,18,20)/t17-/m0/s1. The summed E-state index contributed by atoms with van der Waals surface area (Å²) in [7, 11) is 0. The third kappa shape index (κ3) is 4.21. The van der Waals surface area contributed by atoms with Crippen molar-refractivity contribution in [1.29, 1.82) is 0 Å². The third-order valence-corrected chi connectivity index (χ3v) is 4.28. The number of rotatable bonds is 5. The van der Waals surface area contributed by atoms with E-state index in [9.17, 15) is 9.90 Å². The Bertz CT molecular complexity index is 468. The first-order valence-electron chi connectivity index (χ1n) is 7.88. The lowest BCUT2D eigenvalue weighted by Gasteiger charge is -2.35. The average molecular weight is 290 g/mol. The van der Waals surface area contributed by atoms with Crippen LogP contribution in [0.25, 0.3) is 0 Å². The quantitative estimate of drug-likeness (QED) is 0.876. The lowest BCUT2D eigenvalue weighted by atomic mass is 9.95. The van der Waals surface area contributed by atoms with E-state index in [2.05, 4.69) is 16.3 Å². The predicted molar refractivity (Wildman–Crippen MR) is 85.3 cm³/mol. The minimum atomic E-state index is -0.390. The lowest BCUT2D eigenvalue weighted by Crippen LogP contribution is -2.38. The Morgan fingerprint density at radius 2 is 2.05 bits per heavy atom. The number of piperidine rings is 1. The normalized spacial score (nSPS) is 17.6. The van der Waals surface area contributed by atoms with Gasteiger partial charge >= 0.3 is 0 Å². The second-order valence-corrected chi connectivity index (χ2v) is 5.85. The van der Waals surface area contributed by atoms with Crippen LogP contribution in [0.5, 0.6) is 0 Å². The molecule has 2 rings (SSSR count). The summed E-state index contributed by atoms with van der Waals surface area (Å²) in [6.07, 6.45) is 2.50. The van der Waals surface area contributed by atoms with Gasteiger partial charge in [0, 0.05) is 37.8 Å². The van der Waals surface area contributed by atoms with Crippen LogP contribution < -0.4 is 10.2 Å². The molecule has 116 valence electrons. The molecule has 1 aromatic rings. The summed E-state index contributed by atoms with van der Waals surface area (Å²) in [6.45, 7) is 6.32. The van der Waals surface area contributed by atoms with Crippen molar-refractivity contribution in [1.82, 2.24) is 5.32 Å². The Morgan fingerprint density at radius 3 is 2.67 bits per heavy atom. The molecule has 0 bridgehead atoms. The Hall–Kier alpha value is -1.55. The maximum absolute atomic E-state index is 11.0. The number of aliphatic hydroxyl groups is 1. The van der Waals surface area contributed by atoms with E-state index in [4.69, 9.17) is 0 Å². The first kappa shape index (κ1) is 15.8. The molecule has 0 saturated carbocycles. The van der Waals surface area contributed by atoms with Crippen molar-refractivity contribution in [2.75, 3.05) is 24.5 Å². The van der Waals surface area contributed by atoms with E-state index in [1.807, 2.05) is 25.1 Å². The van der Waals surface area contributed by atoms with E-state index in [-0.39, 0.29) is 5.91 Å². The topological polar surface area (TPSA) is 52.6 Å². The van der Waals surface area contributed by atoms with Gasteiger partial charge in [0.05, 0.1) is 6.10 Å². The highest BCUT2D eigenvalue weighted by Gasteiger charge is 2.22. The molecule has 1 saturated heterocycles. The number of hydrogen-bond acceptors (Lipinski definition) is 3. The van der Waals surface area contributed by atoms with E-state index in [0.29, 0.717) is 5.92 Å². The van der Waals surface area contributed by atoms with Gasteiger partial charge in [-0.2, -0.15) is 0 Å². The molecule has 0 aromatic heterocycles. The number of aliphatic hydroxyl groups excluding tert-OH is 1. The van der Waals surface area contributed by atoms with Crippen molar-refractivity contribution in [3.8, 4) is 0 Å². The summed E-state index contributed by atoms with van der Waals surface area (Å²) in [5.74, 6) is 0.613. The number of para-hydroxylation sites is 1. The van der Waals surface area contributed by atoms with Gasteiger partial charge in [0.15, 0.2) is 0 Å². The van der Waals surface area contributed by atoms with Crippen LogP contribution in [0.3, 0.4) is 0 Å². The van der Waals surface area contributed by atoms with Crippen LogP contribution in [0.2, 0.25) is 0 Å². The van der Waals surface area contributed by atoms with Gasteiger partial charge in [0.2, 0.25) is 5.91 Å². The second-order valence-electron chi connectivity index (χ2n) is 5.85. The summed E-state index contributed by atoms with van der Waals surface area (Å²) in [5.41, 5.74) is 2.19.